The summed E-state index contributed by atoms with van der Waals surface area (Å²) < 4.78 is 0. The summed E-state index contributed by atoms with van der Waals surface area (Å²) in [5.41, 5.74) is 14.3. The monoisotopic (exact) mass is 667 g/mol. The Bertz CT molecular complexity index is 2350. The number of anilines is 7. The van der Waals surface area contributed by atoms with E-state index < -0.39 is 5.41 Å². The minimum absolute atomic E-state index is 0.496. The minimum Gasteiger partial charge on any atom is -0.355 e. The quantitative estimate of drug-likeness (QED) is 0.160. The largest absolute Gasteiger partial charge is 0.355 e. The highest BCUT2D eigenvalue weighted by Crippen LogP contribution is 2.57. The summed E-state index contributed by atoms with van der Waals surface area (Å²) in [6.07, 6.45) is 0. The van der Waals surface area contributed by atoms with E-state index in [0.717, 1.165) is 39.8 Å². The fraction of sp³-hybridized carbons (Fsp3) is 0.0204. The van der Waals surface area contributed by atoms with Gasteiger partial charge in [-0.2, -0.15) is 0 Å². The summed E-state index contributed by atoms with van der Waals surface area (Å²) in [5.74, 6) is 0. The summed E-state index contributed by atoms with van der Waals surface area (Å²) in [4.78, 5) is 2.37. The van der Waals surface area contributed by atoms with Gasteiger partial charge in [0, 0.05) is 34.1 Å². The maximum atomic E-state index is 3.67. The van der Waals surface area contributed by atoms with Gasteiger partial charge in [-0.15, -0.1) is 0 Å². The Hall–Kier alpha value is -6.84. The molecule has 2 N–H and O–H groups in total. The summed E-state index contributed by atoms with van der Waals surface area (Å²) in [6.45, 7) is 0. The van der Waals surface area contributed by atoms with E-state index in [4.69, 9.17) is 0 Å². The molecular formula is C49H37N3. The fourth-order valence-electron chi connectivity index (χ4n) is 7.86. The van der Waals surface area contributed by atoms with E-state index in [-0.39, 0.29) is 0 Å². The van der Waals surface area contributed by atoms with Gasteiger partial charge in [-0.3, -0.25) is 0 Å². The zero-order valence-corrected chi connectivity index (χ0v) is 28.7. The molecule has 1 aliphatic carbocycles. The highest BCUT2D eigenvalue weighted by atomic mass is 15.1. The van der Waals surface area contributed by atoms with Gasteiger partial charge in [0.2, 0.25) is 0 Å². The first-order valence-electron chi connectivity index (χ1n) is 17.8. The molecule has 0 amide bonds. The van der Waals surface area contributed by atoms with E-state index in [0.29, 0.717) is 0 Å². The molecule has 3 nitrogen and oxygen atoms in total. The van der Waals surface area contributed by atoms with Crippen LogP contribution in [-0.2, 0) is 5.41 Å². The van der Waals surface area contributed by atoms with Gasteiger partial charge >= 0.3 is 0 Å². The third kappa shape index (κ3) is 5.59. The number of fused-ring (bicyclic) bond motifs is 3. The van der Waals surface area contributed by atoms with Gasteiger partial charge in [-0.1, -0.05) is 146 Å². The van der Waals surface area contributed by atoms with Crippen molar-refractivity contribution in [1.82, 2.24) is 0 Å². The lowest BCUT2D eigenvalue weighted by molar-refractivity contribution is 0.768. The number of rotatable bonds is 9. The summed E-state index contributed by atoms with van der Waals surface area (Å²) in [7, 11) is 0. The molecule has 8 aromatic rings. The lowest BCUT2D eigenvalue weighted by Crippen LogP contribution is -2.28. The second kappa shape index (κ2) is 13.5. The van der Waals surface area contributed by atoms with E-state index in [2.05, 4.69) is 216 Å². The van der Waals surface area contributed by atoms with Crippen LogP contribution in [-0.4, -0.2) is 0 Å². The molecule has 0 aromatic heterocycles. The van der Waals surface area contributed by atoms with E-state index in [1.807, 2.05) is 12.1 Å². The maximum absolute atomic E-state index is 3.67. The average Bonchev–Trinajstić information content (AvgIpc) is 3.50. The van der Waals surface area contributed by atoms with Crippen molar-refractivity contribution in [2.45, 2.75) is 5.41 Å². The summed E-state index contributed by atoms with van der Waals surface area (Å²) >= 11 is 0. The second-order valence-electron chi connectivity index (χ2n) is 13.2. The molecule has 0 aliphatic heterocycles. The SMILES string of the molecule is c1ccc(Nc2cc(Nc3ccccc3)cc(N(c3ccccc3)c3ccc4c(c3)C(c3ccccc3)(c3ccccc3)c3ccccc3-4)c2)cc1. The third-order valence-electron chi connectivity index (χ3n) is 10.0. The first-order chi connectivity index (χ1) is 25.8. The Labute approximate surface area is 305 Å². The molecule has 0 spiro atoms. The smallest absolute Gasteiger partial charge is 0.0714 e. The van der Waals surface area contributed by atoms with Crippen molar-refractivity contribution in [3.8, 4) is 11.1 Å². The van der Waals surface area contributed by atoms with E-state index >= 15 is 0 Å². The van der Waals surface area contributed by atoms with E-state index in [1.54, 1.807) is 0 Å². The standard InChI is InChI=1S/C49H37N3/c1-6-18-36(19-7-1)49(37-20-8-2-9-21-37)47-29-17-16-28-45(47)46-31-30-43(35-48(46)49)52(42-26-14-5-15-27-42)44-33-40(50-38-22-10-3-11-23-38)32-41(34-44)51-39-24-12-4-13-25-39/h1-35,50-51H. The van der Waals surface area contributed by atoms with Crippen LogP contribution >= 0.6 is 0 Å². The number of nitrogens with zero attached hydrogens (tertiary/aromatic N) is 1. The predicted molar refractivity (Wildman–Crippen MR) is 218 cm³/mol. The Kier molecular flexibility index (Phi) is 8.07. The number of hydrogen-bond donors (Lipinski definition) is 2. The van der Waals surface area contributed by atoms with Crippen LogP contribution in [0.5, 0.6) is 0 Å². The van der Waals surface area contributed by atoms with Gasteiger partial charge in [0.1, 0.15) is 0 Å². The first-order valence-corrected chi connectivity index (χ1v) is 17.8. The average molecular weight is 668 g/mol. The molecule has 0 saturated heterocycles. The van der Waals surface area contributed by atoms with Crippen LogP contribution in [0, 0.1) is 0 Å². The lowest BCUT2D eigenvalue weighted by Gasteiger charge is -2.35. The second-order valence-corrected chi connectivity index (χ2v) is 13.2. The molecule has 0 unspecified atom stereocenters. The van der Waals surface area contributed by atoms with Crippen LogP contribution in [0.15, 0.2) is 212 Å². The highest BCUT2D eigenvalue weighted by Gasteiger charge is 2.46. The molecule has 0 fully saturated rings. The van der Waals surface area contributed by atoms with E-state index in [9.17, 15) is 0 Å². The molecule has 8 aromatic carbocycles. The number of benzene rings is 8. The van der Waals surface area contributed by atoms with Crippen molar-refractivity contribution in [2.75, 3.05) is 15.5 Å². The highest BCUT2D eigenvalue weighted by molar-refractivity contribution is 5.90. The van der Waals surface area contributed by atoms with Crippen LogP contribution in [0.25, 0.3) is 11.1 Å². The molecular weight excluding hydrogens is 631 g/mol. The van der Waals surface area contributed by atoms with Crippen molar-refractivity contribution in [1.29, 1.82) is 0 Å². The summed E-state index contributed by atoms with van der Waals surface area (Å²) in [5, 5.41) is 7.34. The van der Waals surface area contributed by atoms with Crippen molar-refractivity contribution >= 4 is 39.8 Å². The topological polar surface area (TPSA) is 27.3 Å². The Balaban J connectivity index is 1.27. The summed E-state index contributed by atoms with van der Waals surface area (Å²) in [6, 6.07) is 75.9. The van der Waals surface area contributed by atoms with Gasteiger partial charge in [0.05, 0.1) is 11.1 Å². The van der Waals surface area contributed by atoms with Crippen LogP contribution in [0.3, 0.4) is 0 Å². The molecule has 248 valence electrons. The van der Waals surface area contributed by atoms with Gasteiger partial charge in [-0.25, -0.2) is 0 Å². The molecule has 52 heavy (non-hydrogen) atoms. The zero-order valence-electron chi connectivity index (χ0n) is 28.7. The maximum Gasteiger partial charge on any atom is 0.0714 e. The molecule has 3 heteroatoms. The fourth-order valence-corrected chi connectivity index (χ4v) is 7.86. The van der Waals surface area contributed by atoms with Gasteiger partial charge in [0.25, 0.3) is 0 Å². The lowest BCUT2D eigenvalue weighted by atomic mass is 9.67. The van der Waals surface area contributed by atoms with Gasteiger partial charge < -0.3 is 15.5 Å². The molecule has 9 rings (SSSR count). The number of nitrogens with one attached hydrogen (secondary N) is 2. The van der Waals surface area contributed by atoms with Crippen molar-refractivity contribution in [2.24, 2.45) is 0 Å². The first kappa shape index (κ1) is 31.2. The molecule has 0 bridgehead atoms. The molecule has 0 radical (unpaired) electrons. The third-order valence-corrected chi connectivity index (χ3v) is 10.0. The Morgan fingerprint density at radius 3 is 1.33 bits per heavy atom. The van der Waals surface area contributed by atoms with Gasteiger partial charge in [0.15, 0.2) is 0 Å². The predicted octanol–water partition coefficient (Wildman–Crippen LogP) is 13.0. The van der Waals surface area contributed by atoms with Crippen LogP contribution in [0.1, 0.15) is 22.3 Å². The Morgan fingerprint density at radius 2 is 0.769 bits per heavy atom. The van der Waals surface area contributed by atoms with Crippen molar-refractivity contribution in [3.63, 3.8) is 0 Å². The molecule has 0 saturated carbocycles. The van der Waals surface area contributed by atoms with Gasteiger partial charge in [-0.05, 0) is 100 Å². The Morgan fingerprint density at radius 1 is 0.308 bits per heavy atom. The van der Waals surface area contributed by atoms with Crippen LogP contribution in [0.4, 0.5) is 39.8 Å². The van der Waals surface area contributed by atoms with E-state index in [1.165, 1.54) is 33.4 Å². The van der Waals surface area contributed by atoms with Crippen molar-refractivity contribution in [3.05, 3.63) is 235 Å². The van der Waals surface area contributed by atoms with Crippen LogP contribution < -0.4 is 15.5 Å². The minimum atomic E-state index is -0.496. The molecule has 1 aliphatic rings. The normalized spacial score (nSPS) is 12.4. The molecule has 0 heterocycles. The number of para-hydroxylation sites is 3. The zero-order chi connectivity index (χ0) is 34.7. The van der Waals surface area contributed by atoms with Crippen LogP contribution in [0.2, 0.25) is 0 Å². The van der Waals surface area contributed by atoms with Crippen molar-refractivity contribution < 1.29 is 0 Å². The molecule has 0 atom stereocenters. The number of hydrogen-bond acceptors (Lipinski definition) is 3.